The summed E-state index contributed by atoms with van der Waals surface area (Å²) in [6, 6.07) is 13.7. The standard InChI is InChI=1S/C19H19NO2S/c1-14-7-8-18(15(2)11-14)19(21)20(12-16-5-3-9-22-16)13-17-6-4-10-23-17/h3-11H,12-13H2,1-2H3. The molecule has 2 heterocycles. The van der Waals surface area contributed by atoms with Gasteiger partial charge in [-0.05, 0) is 49.1 Å². The molecule has 0 fully saturated rings. The maximum atomic E-state index is 13.0. The highest BCUT2D eigenvalue weighted by molar-refractivity contribution is 7.09. The van der Waals surface area contributed by atoms with Crippen LogP contribution in [0.15, 0.2) is 58.5 Å². The first-order valence-corrected chi connectivity index (χ1v) is 8.43. The Morgan fingerprint density at radius 3 is 2.65 bits per heavy atom. The van der Waals surface area contributed by atoms with Gasteiger partial charge in [-0.1, -0.05) is 23.8 Å². The van der Waals surface area contributed by atoms with Crippen LogP contribution in [0, 0.1) is 13.8 Å². The van der Waals surface area contributed by atoms with E-state index in [4.69, 9.17) is 4.42 Å². The molecule has 0 saturated heterocycles. The lowest BCUT2D eigenvalue weighted by atomic mass is 10.0. The normalized spacial score (nSPS) is 10.7. The number of thiophene rings is 1. The van der Waals surface area contributed by atoms with E-state index in [1.54, 1.807) is 17.6 Å². The molecule has 1 amide bonds. The summed E-state index contributed by atoms with van der Waals surface area (Å²) in [4.78, 5) is 16.0. The number of furan rings is 1. The molecule has 0 saturated carbocycles. The fourth-order valence-corrected chi connectivity index (χ4v) is 3.32. The maximum Gasteiger partial charge on any atom is 0.254 e. The first-order chi connectivity index (χ1) is 11.1. The molecule has 1 aromatic carbocycles. The Morgan fingerprint density at radius 1 is 1.13 bits per heavy atom. The van der Waals surface area contributed by atoms with Crippen molar-refractivity contribution in [2.45, 2.75) is 26.9 Å². The van der Waals surface area contributed by atoms with Gasteiger partial charge in [0.05, 0.1) is 19.4 Å². The van der Waals surface area contributed by atoms with Gasteiger partial charge in [-0.15, -0.1) is 11.3 Å². The Hall–Kier alpha value is -2.33. The van der Waals surface area contributed by atoms with Crippen molar-refractivity contribution in [1.29, 1.82) is 0 Å². The van der Waals surface area contributed by atoms with Crippen molar-refractivity contribution >= 4 is 17.2 Å². The van der Waals surface area contributed by atoms with Crippen LogP contribution in [0.2, 0.25) is 0 Å². The first-order valence-electron chi connectivity index (χ1n) is 7.55. The predicted molar refractivity (Wildman–Crippen MR) is 92.5 cm³/mol. The number of hydrogen-bond acceptors (Lipinski definition) is 3. The summed E-state index contributed by atoms with van der Waals surface area (Å²) < 4.78 is 5.43. The molecule has 0 aliphatic heterocycles. The van der Waals surface area contributed by atoms with Gasteiger partial charge in [-0.3, -0.25) is 4.79 Å². The summed E-state index contributed by atoms with van der Waals surface area (Å²) in [5, 5.41) is 2.03. The first kappa shape index (κ1) is 15.6. The second-order valence-corrected chi connectivity index (χ2v) is 6.67. The molecule has 0 bridgehead atoms. The van der Waals surface area contributed by atoms with Crippen LogP contribution in [0.1, 0.15) is 32.1 Å². The summed E-state index contributed by atoms with van der Waals surface area (Å²) >= 11 is 1.66. The van der Waals surface area contributed by atoms with Gasteiger partial charge < -0.3 is 9.32 Å². The average molecular weight is 325 g/mol. The Bertz CT molecular complexity index is 740. The summed E-state index contributed by atoms with van der Waals surface area (Å²) in [6.07, 6.45) is 1.64. The van der Waals surface area contributed by atoms with Gasteiger partial charge in [0.15, 0.2) is 0 Å². The minimum Gasteiger partial charge on any atom is -0.467 e. The lowest BCUT2D eigenvalue weighted by Crippen LogP contribution is -2.30. The predicted octanol–water partition coefficient (Wildman–Crippen LogP) is 4.80. The summed E-state index contributed by atoms with van der Waals surface area (Å²) in [5.41, 5.74) is 2.92. The van der Waals surface area contributed by atoms with Gasteiger partial charge >= 0.3 is 0 Å². The van der Waals surface area contributed by atoms with Crippen LogP contribution in [-0.2, 0) is 13.1 Å². The van der Waals surface area contributed by atoms with E-state index in [2.05, 4.69) is 6.07 Å². The van der Waals surface area contributed by atoms with Gasteiger partial charge in [0.25, 0.3) is 5.91 Å². The van der Waals surface area contributed by atoms with Crippen molar-refractivity contribution in [3.63, 3.8) is 0 Å². The topological polar surface area (TPSA) is 33.5 Å². The Morgan fingerprint density at radius 2 is 2.00 bits per heavy atom. The molecule has 4 heteroatoms. The molecular formula is C19H19NO2S. The largest absolute Gasteiger partial charge is 0.467 e. The van der Waals surface area contributed by atoms with Gasteiger partial charge in [0.1, 0.15) is 5.76 Å². The Labute approximate surface area is 140 Å². The third-order valence-corrected chi connectivity index (χ3v) is 4.61. The maximum absolute atomic E-state index is 13.0. The van der Waals surface area contributed by atoms with E-state index in [0.717, 1.165) is 27.3 Å². The highest BCUT2D eigenvalue weighted by Gasteiger charge is 2.19. The van der Waals surface area contributed by atoms with Crippen molar-refractivity contribution in [3.05, 3.63) is 81.4 Å². The van der Waals surface area contributed by atoms with E-state index in [1.165, 1.54) is 0 Å². The number of aryl methyl sites for hydroxylation is 2. The van der Waals surface area contributed by atoms with E-state index < -0.39 is 0 Å². The number of hydrogen-bond donors (Lipinski definition) is 0. The second-order valence-electron chi connectivity index (χ2n) is 5.64. The van der Waals surface area contributed by atoms with E-state index >= 15 is 0 Å². The molecule has 0 aliphatic rings. The lowest BCUT2D eigenvalue weighted by Gasteiger charge is -2.22. The van der Waals surface area contributed by atoms with Crippen LogP contribution in [0.4, 0.5) is 0 Å². The van der Waals surface area contributed by atoms with Crippen molar-refractivity contribution < 1.29 is 9.21 Å². The van der Waals surface area contributed by atoms with E-state index in [1.807, 2.05) is 60.5 Å². The third-order valence-electron chi connectivity index (χ3n) is 3.75. The number of amides is 1. The van der Waals surface area contributed by atoms with Crippen LogP contribution < -0.4 is 0 Å². The van der Waals surface area contributed by atoms with E-state index in [9.17, 15) is 4.79 Å². The fourth-order valence-electron chi connectivity index (χ4n) is 2.60. The zero-order chi connectivity index (χ0) is 16.2. The highest BCUT2D eigenvalue weighted by Crippen LogP contribution is 2.19. The van der Waals surface area contributed by atoms with Crippen molar-refractivity contribution in [3.8, 4) is 0 Å². The second kappa shape index (κ2) is 6.84. The molecule has 3 nitrogen and oxygen atoms in total. The number of carbonyl (C=O) groups excluding carboxylic acids is 1. The quantitative estimate of drug-likeness (QED) is 0.675. The molecule has 0 atom stereocenters. The molecular weight excluding hydrogens is 306 g/mol. The fraction of sp³-hybridized carbons (Fsp3) is 0.211. The minimum absolute atomic E-state index is 0.0345. The molecule has 0 aliphatic carbocycles. The van der Waals surface area contributed by atoms with Gasteiger partial charge in [-0.25, -0.2) is 0 Å². The summed E-state index contributed by atoms with van der Waals surface area (Å²) in [6.45, 7) is 5.07. The molecule has 0 unspecified atom stereocenters. The number of benzene rings is 1. The van der Waals surface area contributed by atoms with Crippen molar-refractivity contribution in [1.82, 2.24) is 4.90 Å². The molecule has 3 aromatic rings. The number of rotatable bonds is 5. The Balaban J connectivity index is 1.88. The van der Waals surface area contributed by atoms with Gasteiger partial charge in [0.2, 0.25) is 0 Å². The third kappa shape index (κ3) is 3.71. The molecule has 23 heavy (non-hydrogen) atoms. The highest BCUT2D eigenvalue weighted by atomic mass is 32.1. The molecule has 118 valence electrons. The van der Waals surface area contributed by atoms with Gasteiger partial charge in [0, 0.05) is 10.4 Å². The van der Waals surface area contributed by atoms with Gasteiger partial charge in [-0.2, -0.15) is 0 Å². The molecule has 3 rings (SSSR count). The van der Waals surface area contributed by atoms with E-state index in [0.29, 0.717) is 13.1 Å². The zero-order valence-electron chi connectivity index (χ0n) is 13.3. The van der Waals surface area contributed by atoms with Crippen molar-refractivity contribution in [2.75, 3.05) is 0 Å². The zero-order valence-corrected chi connectivity index (χ0v) is 14.1. The van der Waals surface area contributed by atoms with Crippen LogP contribution in [-0.4, -0.2) is 10.8 Å². The van der Waals surface area contributed by atoms with E-state index in [-0.39, 0.29) is 5.91 Å². The van der Waals surface area contributed by atoms with Crippen LogP contribution in [0.25, 0.3) is 0 Å². The summed E-state index contributed by atoms with van der Waals surface area (Å²) in [7, 11) is 0. The minimum atomic E-state index is 0.0345. The number of nitrogens with zero attached hydrogens (tertiary/aromatic N) is 1. The molecule has 0 spiro atoms. The van der Waals surface area contributed by atoms with Crippen molar-refractivity contribution in [2.24, 2.45) is 0 Å². The Kier molecular flexibility index (Phi) is 4.63. The molecule has 0 N–H and O–H groups in total. The number of carbonyl (C=O) groups is 1. The monoisotopic (exact) mass is 325 g/mol. The SMILES string of the molecule is Cc1ccc(C(=O)N(Cc2ccco2)Cc2cccs2)c(C)c1. The van der Waals surface area contributed by atoms with Crippen LogP contribution >= 0.6 is 11.3 Å². The lowest BCUT2D eigenvalue weighted by molar-refractivity contribution is 0.0719. The van der Waals surface area contributed by atoms with Crippen LogP contribution in [0.5, 0.6) is 0 Å². The van der Waals surface area contributed by atoms with Crippen LogP contribution in [0.3, 0.4) is 0 Å². The molecule has 0 radical (unpaired) electrons. The average Bonchev–Trinajstić information content (AvgIpc) is 3.19. The smallest absolute Gasteiger partial charge is 0.254 e. The molecule has 2 aromatic heterocycles. The summed E-state index contributed by atoms with van der Waals surface area (Å²) in [5.74, 6) is 0.826.